The molecule has 1 saturated heterocycles. The van der Waals surface area contributed by atoms with Crippen molar-refractivity contribution in [3.63, 3.8) is 0 Å². The van der Waals surface area contributed by atoms with Gasteiger partial charge in [-0.2, -0.15) is 0 Å². The van der Waals surface area contributed by atoms with Gasteiger partial charge in [-0.15, -0.1) is 0 Å². The second-order valence-corrected chi connectivity index (χ2v) is 6.26. The number of urea groups is 1. The summed E-state index contributed by atoms with van der Waals surface area (Å²) in [6, 6.07) is 9.70. The molecule has 0 radical (unpaired) electrons. The quantitative estimate of drug-likeness (QED) is 0.857. The van der Waals surface area contributed by atoms with Gasteiger partial charge in [0.05, 0.1) is 18.8 Å². The predicted octanol–water partition coefficient (Wildman–Crippen LogP) is 3.41. The zero-order chi connectivity index (χ0) is 18.7. The number of benzene rings is 2. The molecule has 2 aromatic rings. The highest BCUT2D eigenvalue weighted by molar-refractivity contribution is 6.31. The molecule has 8 heteroatoms. The molecule has 26 heavy (non-hydrogen) atoms. The van der Waals surface area contributed by atoms with E-state index in [1.165, 1.54) is 36.3 Å². The van der Waals surface area contributed by atoms with Gasteiger partial charge in [0.15, 0.2) is 0 Å². The standard InChI is InChI=1S/C18H17ClFN3O3/c1-26-16-7-2-11(19)8-15(16)22-18(25)21-13-9-17(24)23(10-13)14-5-3-12(20)4-6-14/h2-8,13H,9-10H2,1H3,(H2,21,22,25)/t13-/m1/s1. The van der Waals surface area contributed by atoms with Gasteiger partial charge in [0, 0.05) is 23.7 Å². The minimum absolute atomic E-state index is 0.137. The molecular weight excluding hydrogens is 361 g/mol. The van der Waals surface area contributed by atoms with Crippen LogP contribution in [0.25, 0.3) is 0 Å². The first-order chi connectivity index (χ1) is 12.5. The SMILES string of the molecule is COc1ccc(Cl)cc1NC(=O)N[C@@H]1CC(=O)N(c2ccc(F)cc2)C1. The molecule has 1 atom stereocenters. The number of hydrogen-bond acceptors (Lipinski definition) is 3. The molecule has 0 unspecified atom stereocenters. The van der Waals surface area contributed by atoms with E-state index in [4.69, 9.17) is 16.3 Å². The van der Waals surface area contributed by atoms with Gasteiger partial charge in [-0.3, -0.25) is 4.79 Å². The molecule has 0 aromatic heterocycles. The van der Waals surface area contributed by atoms with Crippen molar-refractivity contribution in [3.05, 3.63) is 53.3 Å². The fraction of sp³-hybridized carbons (Fsp3) is 0.222. The number of hydrogen-bond donors (Lipinski definition) is 2. The fourth-order valence-corrected chi connectivity index (χ4v) is 2.97. The third kappa shape index (κ3) is 4.05. The van der Waals surface area contributed by atoms with E-state index in [2.05, 4.69) is 10.6 Å². The zero-order valence-corrected chi connectivity index (χ0v) is 14.7. The first-order valence-electron chi connectivity index (χ1n) is 7.93. The van der Waals surface area contributed by atoms with Crippen molar-refractivity contribution in [2.24, 2.45) is 0 Å². The number of carbonyl (C=O) groups excluding carboxylic acids is 2. The van der Waals surface area contributed by atoms with Crippen molar-refractivity contribution >= 4 is 34.9 Å². The van der Waals surface area contributed by atoms with Gasteiger partial charge < -0.3 is 20.3 Å². The summed E-state index contributed by atoms with van der Waals surface area (Å²) >= 11 is 5.94. The van der Waals surface area contributed by atoms with Crippen LogP contribution in [0.5, 0.6) is 5.75 Å². The highest BCUT2D eigenvalue weighted by Crippen LogP contribution is 2.28. The molecule has 1 aliphatic rings. The Kier molecular flexibility index (Phi) is 5.27. The number of carbonyl (C=O) groups is 2. The highest BCUT2D eigenvalue weighted by atomic mass is 35.5. The molecular formula is C18H17ClFN3O3. The Morgan fingerprint density at radius 1 is 1.27 bits per heavy atom. The second-order valence-electron chi connectivity index (χ2n) is 5.82. The number of halogens is 2. The van der Waals surface area contributed by atoms with Gasteiger partial charge >= 0.3 is 6.03 Å². The predicted molar refractivity (Wildman–Crippen MR) is 97.3 cm³/mol. The molecule has 3 rings (SSSR count). The smallest absolute Gasteiger partial charge is 0.319 e. The third-order valence-corrected chi connectivity index (χ3v) is 4.24. The first kappa shape index (κ1) is 18.0. The highest BCUT2D eigenvalue weighted by Gasteiger charge is 2.31. The summed E-state index contributed by atoms with van der Waals surface area (Å²) in [5, 5.41) is 5.88. The third-order valence-electron chi connectivity index (χ3n) is 4.01. The van der Waals surface area contributed by atoms with Crippen LogP contribution in [-0.4, -0.2) is 31.6 Å². The minimum Gasteiger partial charge on any atom is -0.495 e. The summed E-state index contributed by atoms with van der Waals surface area (Å²) in [6.07, 6.45) is 0.164. The van der Waals surface area contributed by atoms with Crippen LogP contribution in [0.15, 0.2) is 42.5 Å². The van der Waals surface area contributed by atoms with E-state index >= 15 is 0 Å². The summed E-state index contributed by atoms with van der Waals surface area (Å²) in [5.74, 6) is -0.0350. The summed E-state index contributed by atoms with van der Waals surface area (Å²) < 4.78 is 18.2. The normalized spacial score (nSPS) is 16.5. The molecule has 0 bridgehead atoms. The summed E-state index contributed by atoms with van der Waals surface area (Å²) in [7, 11) is 1.49. The van der Waals surface area contributed by atoms with E-state index in [-0.39, 0.29) is 24.2 Å². The molecule has 2 aromatic carbocycles. The molecule has 136 valence electrons. The lowest BCUT2D eigenvalue weighted by Gasteiger charge is -2.18. The van der Waals surface area contributed by atoms with Crippen molar-refractivity contribution < 1.29 is 18.7 Å². The van der Waals surface area contributed by atoms with Crippen molar-refractivity contribution in [1.29, 1.82) is 0 Å². The molecule has 1 heterocycles. The molecule has 0 spiro atoms. The van der Waals surface area contributed by atoms with Crippen LogP contribution < -0.4 is 20.3 Å². The number of rotatable bonds is 4. The fourth-order valence-electron chi connectivity index (χ4n) is 2.80. The van der Waals surface area contributed by atoms with Crippen LogP contribution in [0.4, 0.5) is 20.6 Å². The van der Waals surface area contributed by atoms with Gasteiger partial charge in [-0.05, 0) is 42.5 Å². The Hall–Kier alpha value is -2.80. The van der Waals surface area contributed by atoms with E-state index in [1.807, 2.05) is 0 Å². The summed E-state index contributed by atoms with van der Waals surface area (Å²) in [5.41, 5.74) is 1.02. The maximum absolute atomic E-state index is 13.0. The van der Waals surface area contributed by atoms with Crippen LogP contribution in [-0.2, 0) is 4.79 Å². The van der Waals surface area contributed by atoms with Crippen LogP contribution in [0.1, 0.15) is 6.42 Å². The Bertz CT molecular complexity index is 829. The van der Waals surface area contributed by atoms with Gasteiger partial charge in [0.2, 0.25) is 5.91 Å². The number of methoxy groups -OCH3 is 1. The molecule has 3 amide bonds. The van der Waals surface area contributed by atoms with Crippen LogP contribution in [0.3, 0.4) is 0 Å². The van der Waals surface area contributed by atoms with E-state index < -0.39 is 6.03 Å². The maximum Gasteiger partial charge on any atom is 0.319 e. The summed E-state index contributed by atoms with van der Waals surface area (Å²) in [4.78, 5) is 25.9. The number of ether oxygens (including phenoxy) is 1. The molecule has 0 saturated carbocycles. The van der Waals surface area contributed by atoms with Gasteiger partial charge in [-0.25, -0.2) is 9.18 Å². The average molecular weight is 378 g/mol. The zero-order valence-electron chi connectivity index (χ0n) is 14.0. The molecule has 6 nitrogen and oxygen atoms in total. The van der Waals surface area contributed by atoms with Crippen molar-refractivity contribution in [1.82, 2.24) is 5.32 Å². The van der Waals surface area contributed by atoms with Gasteiger partial charge in [0.1, 0.15) is 11.6 Å². The van der Waals surface area contributed by atoms with Crippen LogP contribution in [0, 0.1) is 5.82 Å². The minimum atomic E-state index is -0.468. The lowest BCUT2D eigenvalue weighted by Crippen LogP contribution is -2.39. The van der Waals surface area contributed by atoms with Crippen LogP contribution in [0.2, 0.25) is 5.02 Å². The molecule has 2 N–H and O–H groups in total. The monoisotopic (exact) mass is 377 g/mol. The van der Waals surface area contributed by atoms with E-state index in [0.29, 0.717) is 28.7 Å². The van der Waals surface area contributed by atoms with Gasteiger partial charge in [-0.1, -0.05) is 11.6 Å². The van der Waals surface area contributed by atoms with Crippen LogP contribution >= 0.6 is 11.6 Å². The Morgan fingerprint density at radius 3 is 2.69 bits per heavy atom. The topological polar surface area (TPSA) is 70.7 Å². The lowest BCUT2D eigenvalue weighted by atomic mass is 10.2. The maximum atomic E-state index is 13.0. The number of nitrogens with zero attached hydrogens (tertiary/aromatic N) is 1. The van der Waals surface area contributed by atoms with Crippen molar-refractivity contribution in [3.8, 4) is 5.75 Å². The van der Waals surface area contributed by atoms with Crippen molar-refractivity contribution in [2.75, 3.05) is 23.9 Å². The van der Waals surface area contributed by atoms with Gasteiger partial charge in [0.25, 0.3) is 0 Å². The molecule has 1 fully saturated rings. The van der Waals surface area contributed by atoms with E-state index in [0.717, 1.165) is 0 Å². The summed E-state index contributed by atoms with van der Waals surface area (Å²) in [6.45, 7) is 0.310. The second kappa shape index (κ2) is 7.61. The Labute approximate surface area is 154 Å². The largest absolute Gasteiger partial charge is 0.495 e. The Morgan fingerprint density at radius 2 is 2.00 bits per heavy atom. The Balaban J connectivity index is 1.63. The number of amides is 3. The van der Waals surface area contributed by atoms with E-state index in [9.17, 15) is 14.0 Å². The molecule has 0 aliphatic carbocycles. The number of anilines is 2. The average Bonchev–Trinajstić information content (AvgIpc) is 2.96. The van der Waals surface area contributed by atoms with E-state index in [1.54, 1.807) is 18.2 Å². The van der Waals surface area contributed by atoms with Crippen molar-refractivity contribution in [2.45, 2.75) is 12.5 Å². The number of nitrogens with one attached hydrogen (secondary N) is 2. The first-order valence-corrected chi connectivity index (χ1v) is 8.31. The lowest BCUT2D eigenvalue weighted by molar-refractivity contribution is -0.117. The molecule has 1 aliphatic heterocycles.